The maximum Gasteiger partial charge on any atom is 0.416 e. The van der Waals surface area contributed by atoms with E-state index >= 15 is 0 Å². The highest BCUT2D eigenvalue weighted by molar-refractivity contribution is 5.85. The molecule has 35 heavy (non-hydrogen) atoms. The summed E-state index contributed by atoms with van der Waals surface area (Å²) in [5.74, 6) is 0.876. The first-order chi connectivity index (χ1) is 16.8. The summed E-state index contributed by atoms with van der Waals surface area (Å²) in [7, 11) is 1.64. The van der Waals surface area contributed by atoms with Crippen LogP contribution >= 0.6 is 0 Å². The standard InChI is InChI=1S/C29H26F3NO2/c1-35-27-16-10-22-17-20(7-9-23(22)18-27)8-15-26(34)19-28(21-5-3-2-4-6-21)33-25-13-11-24(12-14-25)29(30,31)32/h2-7,9-14,16-18,28,33H,8,15,19H2,1H3. The van der Waals surface area contributed by atoms with Gasteiger partial charge in [0.25, 0.3) is 0 Å². The minimum absolute atomic E-state index is 0.0769. The molecule has 180 valence electrons. The average molecular weight is 478 g/mol. The number of carbonyl (C=O) groups is 1. The summed E-state index contributed by atoms with van der Waals surface area (Å²) in [6.45, 7) is 0. The molecule has 0 amide bonds. The zero-order valence-corrected chi connectivity index (χ0v) is 19.3. The van der Waals surface area contributed by atoms with Gasteiger partial charge in [-0.2, -0.15) is 13.2 Å². The van der Waals surface area contributed by atoms with E-state index in [1.807, 2.05) is 60.7 Å². The van der Waals surface area contributed by atoms with Gasteiger partial charge in [-0.1, -0.05) is 54.6 Å². The molecule has 4 aromatic carbocycles. The van der Waals surface area contributed by atoms with Crippen molar-refractivity contribution >= 4 is 22.2 Å². The van der Waals surface area contributed by atoms with Crippen molar-refractivity contribution in [3.63, 3.8) is 0 Å². The van der Waals surface area contributed by atoms with Crippen molar-refractivity contribution in [1.29, 1.82) is 0 Å². The molecular weight excluding hydrogens is 451 g/mol. The number of carbonyl (C=O) groups excluding carboxylic acids is 1. The Morgan fingerprint density at radius 1 is 0.886 bits per heavy atom. The Kier molecular flexibility index (Phi) is 7.39. The second-order valence-corrected chi connectivity index (χ2v) is 8.47. The second kappa shape index (κ2) is 10.6. The van der Waals surface area contributed by atoms with Crippen molar-refractivity contribution in [1.82, 2.24) is 0 Å². The number of methoxy groups -OCH3 is 1. The lowest BCUT2D eigenvalue weighted by atomic mass is 9.97. The van der Waals surface area contributed by atoms with Crippen LogP contribution in [0.2, 0.25) is 0 Å². The number of hydrogen-bond acceptors (Lipinski definition) is 3. The summed E-state index contributed by atoms with van der Waals surface area (Å²) in [6, 6.07) is 26.0. The van der Waals surface area contributed by atoms with E-state index in [-0.39, 0.29) is 18.2 Å². The van der Waals surface area contributed by atoms with Crippen LogP contribution in [0.25, 0.3) is 10.8 Å². The zero-order chi connectivity index (χ0) is 24.8. The molecule has 1 N–H and O–H groups in total. The van der Waals surface area contributed by atoms with Gasteiger partial charge in [-0.25, -0.2) is 0 Å². The van der Waals surface area contributed by atoms with Crippen LogP contribution in [0.15, 0.2) is 91.0 Å². The number of alkyl halides is 3. The van der Waals surface area contributed by atoms with E-state index in [9.17, 15) is 18.0 Å². The second-order valence-electron chi connectivity index (χ2n) is 8.47. The Morgan fingerprint density at radius 3 is 2.26 bits per heavy atom. The molecule has 0 aromatic heterocycles. The summed E-state index contributed by atoms with van der Waals surface area (Å²) < 4.78 is 43.9. The minimum Gasteiger partial charge on any atom is -0.497 e. The first kappa shape index (κ1) is 24.3. The van der Waals surface area contributed by atoms with Crippen molar-refractivity contribution in [3.05, 3.63) is 108 Å². The first-order valence-electron chi connectivity index (χ1n) is 11.4. The monoisotopic (exact) mass is 477 g/mol. The van der Waals surface area contributed by atoms with Gasteiger partial charge in [0.2, 0.25) is 0 Å². The van der Waals surface area contributed by atoms with Crippen LogP contribution in [0, 0.1) is 0 Å². The fraction of sp³-hybridized carbons (Fsp3) is 0.207. The number of ketones is 1. The minimum atomic E-state index is -4.39. The summed E-state index contributed by atoms with van der Waals surface area (Å²) in [4.78, 5) is 12.9. The molecule has 0 aliphatic carbocycles. The van der Waals surface area contributed by atoms with E-state index in [0.717, 1.165) is 39.8 Å². The summed E-state index contributed by atoms with van der Waals surface area (Å²) in [5.41, 5.74) is 1.80. The summed E-state index contributed by atoms with van der Waals surface area (Å²) >= 11 is 0. The van der Waals surface area contributed by atoms with Crippen LogP contribution in [-0.4, -0.2) is 12.9 Å². The Bertz CT molecular complexity index is 1290. The number of benzene rings is 4. The number of ether oxygens (including phenoxy) is 1. The lowest BCUT2D eigenvalue weighted by Gasteiger charge is -2.20. The predicted molar refractivity (Wildman–Crippen MR) is 133 cm³/mol. The van der Waals surface area contributed by atoms with E-state index in [0.29, 0.717) is 18.5 Å². The highest BCUT2D eigenvalue weighted by Gasteiger charge is 2.30. The van der Waals surface area contributed by atoms with E-state index in [4.69, 9.17) is 4.74 Å². The third-order valence-electron chi connectivity index (χ3n) is 5.99. The maximum absolute atomic E-state index is 12.9. The van der Waals surface area contributed by atoms with Gasteiger partial charge in [-0.15, -0.1) is 0 Å². The highest BCUT2D eigenvalue weighted by Crippen LogP contribution is 2.31. The molecule has 0 aliphatic rings. The average Bonchev–Trinajstić information content (AvgIpc) is 2.87. The Labute approximate surface area is 202 Å². The van der Waals surface area contributed by atoms with Crippen LogP contribution < -0.4 is 10.1 Å². The van der Waals surface area contributed by atoms with Gasteiger partial charge in [0.15, 0.2) is 0 Å². The number of hydrogen-bond donors (Lipinski definition) is 1. The number of rotatable bonds is 9. The van der Waals surface area contributed by atoms with E-state index < -0.39 is 11.7 Å². The molecule has 0 radical (unpaired) electrons. The molecule has 6 heteroatoms. The number of halogens is 3. The van der Waals surface area contributed by atoms with Crippen LogP contribution in [0.5, 0.6) is 5.75 Å². The molecule has 0 bridgehead atoms. The number of fused-ring (bicyclic) bond motifs is 1. The predicted octanol–water partition coefficient (Wildman–Crippen LogP) is 7.61. The first-order valence-corrected chi connectivity index (χ1v) is 11.4. The van der Waals surface area contributed by atoms with Crippen molar-refractivity contribution in [2.75, 3.05) is 12.4 Å². The molecule has 1 unspecified atom stereocenters. The van der Waals surface area contributed by atoms with Gasteiger partial charge in [0.05, 0.1) is 18.7 Å². The van der Waals surface area contributed by atoms with Gasteiger partial charge >= 0.3 is 6.18 Å². The molecule has 0 heterocycles. The Morgan fingerprint density at radius 2 is 1.57 bits per heavy atom. The topological polar surface area (TPSA) is 38.3 Å². The summed E-state index contributed by atoms with van der Waals surface area (Å²) in [6.07, 6.45) is -3.17. The molecular formula is C29H26F3NO2. The fourth-order valence-electron chi connectivity index (χ4n) is 4.06. The molecule has 0 spiro atoms. The fourth-order valence-corrected chi connectivity index (χ4v) is 4.06. The van der Waals surface area contributed by atoms with Crippen molar-refractivity contribution in [2.24, 2.45) is 0 Å². The van der Waals surface area contributed by atoms with Crippen molar-refractivity contribution in [3.8, 4) is 5.75 Å². The quantitative estimate of drug-likeness (QED) is 0.270. The van der Waals surface area contributed by atoms with Crippen LogP contribution in [0.1, 0.15) is 35.6 Å². The lowest BCUT2D eigenvalue weighted by molar-refractivity contribution is -0.137. The van der Waals surface area contributed by atoms with Crippen LogP contribution in [0.4, 0.5) is 18.9 Å². The molecule has 0 fully saturated rings. The van der Waals surface area contributed by atoms with Crippen LogP contribution in [-0.2, 0) is 17.4 Å². The van der Waals surface area contributed by atoms with Gasteiger partial charge in [-0.05, 0) is 64.7 Å². The smallest absolute Gasteiger partial charge is 0.416 e. The van der Waals surface area contributed by atoms with Gasteiger partial charge in [0, 0.05) is 18.5 Å². The number of aryl methyl sites for hydroxylation is 1. The van der Waals surface area contributed by atoms with Gasteiger partial charge in [-0.3, -0.25) is 4.79 Å². The van der Waals surface area contributed by atoms with Crippen molar-refractivity contribution in [2.45, 2.75) is 31.5 Å². The molecule has 1 atom stereocenters. The third-order valence-corrected chi connectivity index (χ3v) is 5.99. The largest absolute Gasteiger partial charge is 0.497 e. The van der Waals surface area contributed by atoms with E-state index in [2.05, 4.69) is 11.4 Å². The third kappa shape index (κ3) is 6.41. The van der Waals surface area contributed by atoms with Gasteiger partial charge < -0.3 is 10.1 Å². The number of nitrogens with one attached hydrogen (secondary N) is 1. The Balaban J connectivity index is 1.43. The lowest BCUT2D eigenvalue weighted by Crippen LogP contribution is -2.16. The molecule has 0 saturated heterocycles. The maximum atomic E-state index is 12.9. The molecule has 0 saturated carbocycles. The SMILES string of the molecule is COc1ccc2cc(CCC(=O)CC(Nc3ccc(C(F)(F)F)cc3)c3ccccc3)ccc2c1. The zero-order valence-electron chi connectivity index (χ0n) is 19.3. The molecule has 4 aromatic rings. The number of anilines is 1. The highest BCUT2D eigenvalue weighted by atomic mass is 19.4. The number of Topliss-reactive ketones (excluding diaryl/α,β-unsaturated/α-hetero) is 1. The van der Waals surface area contributed by atoms with Crippen molar-refractivity contribution < 1.29 is 22.7 Å². The van der Waals surface area contributed by atoms with E-state index in [1.165, 1.54) is 12.1 Å². The molecule has 3 nitrogen and oxygen atoms in total. The molecule has 0 aliphatic heterocycles. The normalized spacial score (nSPS) is 12.3. The van der Waals surface area contributed by atoms with E-state index in [1.54, 1.807) is 7.11 Å². The van der Waals surface area contributed by atoms with Gasteiger partial charge in [0.1, 0.15) is 11.5 Å². The summed E-state index contributed by atoms with van der Waals surface area (Å²) in [5, 5.41) is 5.40. The molecule has 4 rings (SSSR count). The Hall–Kier alpha value is -3.80. The van der Waals surface area contributed by atoms with Crippen LogP contribution in [0.3, 0.4) is 0 Å².